The van der Waals surface area contributed by atoms with Gasteiger partial charge in [0.15, 0.2) is 0 Å². The molecule has 4 nitrogen and oxygen atoms in total. The second-order valence-corrected chi connectivity index (χ2v) is 4.83. The van der Waals surface area contributed by atoms with Crippen LogP contribution < -0.4 is 0 Å². The Labute approximate surface area is 111 Å². The largest absolute Gasteiger partial charge is 0.401 e. The molecule has 1 saturated heterocycles. The van der Waals surface area contributed by atoms with E-state index in [0.717, 1.165) is 0 Å². The lowest BCUT2D eigenvalue weighted by molar-refractivity contribution is -0.154. The first kappa shape index (κ1) is 16.2. The molecule has 1 rings (SSSR count). The Morgan fingerprint density at radius 2 is 2.16 bits per heavy atom. The summed E-state index contributed by atoms with van der Waals surface area (Å²) in [4.78, 5) is 14.9. The molecular formula is C12H21F3N2O2. The van der Waals surface area contributed by atoms with Gasteiger partial charge in [-0.2, -0.15) is 13.2 Å². The van der Waals surface area contributed by atoms with Crippen LogP contribution in [-0.4, -0.2) is 66.3 Å². The van der Waals surface area contributed by atoms with Crippen molar-refractivity contribution < 1.29 is 23.1 Å². The predicted octanol–water partition coefficient (Wildman–Crippen LogP) is 1.10. The number of amides is 1. The number of rotatable bonds is 5. The molecule has 1 atom stereocenters. The van der Waals surface area contributed by atoms with Crippen LogP contribution in [0, 0.1) is 5.92 Å². The molecule has 1 aliphatic heterocycles. The molecule has 0 aliphatic carbocycles. The topological polar surface area (TPSA) is 43.8 Å². The molecule has 7 heteroatoms. The average Bonchev–Trinajstić information content (AvgIpc) is 2.33. The zero-order valence-electron chi connectivity index (χ0n) is 11.1. The first-order valence-electron chi connectivity index (χ1n) is 6.56. The van der Waals surface area contributed by atoms with Gasteiger partial charge in [-0.25, -0.2) is 0 Å². The molecule has 1 aliphatic rings. The van der Waals surface area contributed by atoms with Gasteiger partial charge in [-0.15, -0.1) is 0 Å². The number of likely N-dealkylation sites (tertiary alicyclic amines) is 1. The summed E-state index contributed by atoms with van der Waals surface area (Å²) in [5, 5.41) is 8.87. The summed E-state index contributed by atoms with van der Waals surface area (Å²) in [5.41, 5.74) is 0. The molecule has 1 unspecified atom stereocenters. The highest BCUT2D eigenvalue weighted by Crippen LogP contribution is 2.23. The molecule has 19 heavy (non-hydrogen) atoms. The Hall–Kier alpha value is -0.820. The first-order chi connectivity index (χ1) is 8.87. The maximum Gasteiger partial charge on any atom is 0.401 e. The van der Waals surface area contributed by atoms with Crippen LogP contribution in [-0.2, 0) is 4.79 Å². The van der Waals surface area contributed by atoms with E-state index in [9.17, 15) is 18.0 Å². The highest BCUT2D eigenvalue weighted by molar-refractivity contribution is 5.79. The van der Waals surface area contributed by atoms with Crippen molar-refractivity contribution in [2.75, 3.05) is 39.3 Å². The van der Waals surface area contributed by atoms with Gasteiger partial charge in [0.25, 0.3) is 0 Å². The van der Waals surface area contributed by atoms with E-state index < -0.39 is 12.7 Å². The smallest absolute Gasteiger partial charge is 0.395 e. The lowest BCUT2D eigenvalue weighted by atomic mass is 9.96. The van der Waals surface area contributed by atoms with E-state index in [-0.39, 0.29) is 31.5 Å². The number of hydrogen-bond acceptors (Lipinski definition) is 3. The van der Waals surface area contributed by atoms with E-state index in [1.165, 1.54) is 9.80 Å². The number of halogens is 3. The molecule has 0 bridgehead atoms. The Kier molecular flexibility index (Phi) is 6.06. The standard InChI is InChI=1S/C12H21F3N2O2/c1-2-17(6-7-18)11(19)10-4-3-5-16(8-10)9-12(13,14)15/h10,18H,2-9H2,1H3. The van der Waals surface area contributed by atoms with Crippen molar-refractivity contribution in [1.82, 2.24) is 9.80 Å². The van der Waals surface area contributed by atoms with Crippen molar-refractivity contribution >= 4 is 5.91 Å². The van der Waals surface area contributed by atoms with Crippen LogP contribution in [0.1, 0.15) is 19.8 Å². The van der Waals surface area contributed by atoms with E-state index in [1.54, 1.807) is 6.92 Å². The number of aliphatic hydroxyl groups is 1. The molecule has 1 heterocycles. The van der Waals surface area contributed by atoms with E-state index in [1.807, 2.05) is 0 Å². The Morgan fingerprint density at radius 1 is 1.47 bits per heavy atom. The van der Waals surface area contributed by atoms with Gasteiger partial charge >= 0.3 is 6.18 Å². The fourth-order valence-electron chi connectivity index (χ4n) is 2.46. The van der Waals surface area contributed by atoms with Gasteiger partial charge in [0.2, 0.25) is 5.91 Å². The van der Waals surface area contributed by atoms with Crippen molar-refractivity contribution in [3.8, 4) is 0 Å². The number of carbonyl (C=O) groups excluding carboxylic acids is 1. The van der Waals surface area contributed by atoms with Gasteiger partial charge in [-0.1, -0.05) is 0 Å². The number of alkyl halides is 3. The van der Waals surface area contributed by atoms with E-state index in [4.69, 9.17) is 5.11 Å². The van der Waals surface area contributed by atoms with Crippen molar-refractivity contribution in [1.29, 1.82) is 0 Å². The van der Waals surface area contributed by atoms with Gasteiger partial charge < -0.3 is 10.0 Å². The summed E-state index contributed by atoms with van der Waals surface area (Å²) >= 11 is 0. The third-order valence-electron chi connectivity index (χ3n) is 3.32. The average molecular weight is 282 g/mol. The molecule has 112 valence electrons. The minimum atomic E-state index is -4.22. The van der Waals surface area contributed by atoms with Crippen molar-refractivity contribution in [3.05, 3.63) is 0 Å². The fraction of sp³-hybridized carbons (Fsp3) is 0.917. The van der Waals surface area contributed by atoms with Crippen LogP contribution in [0.4, 0.5) is 13.2 Å². The first-order valence-corrected chi connectivity index (χ1v) is 6.56. The molecule has 0 radical (unpaired) electrons. The molecule has 0 saturated carbocycles. The summed E-state index contributed by atoms with van der Waals surface area (Å²) in [6, 6.07) is 0. The predicted molar refractivity (Wildman–Crippen MR) is 64.6 cm³/mol. The molecule has 0 aromatic carbocycles. The van der Waals surface area contributed by atoms with Gasteiger partial charge in [0.05, 0.1) is 19.1 Å². The van der Waals surface area contributed by atoms with E-state index in [0.29, 0.717) is 25.9 Å². The zero-order valence-corrected chi connectivity index (χ0v) is 11.1. The number of aliphatic hydroxyl groups excluding tert-OH is 1. The van der Waals surface area contributed by atoms with Crippen LogP contribution in [0.15, 0.2) is 0 Å². The molecule has 0 aromatic rings. The maximum atomic E-state index is 12.3. The highest BCUT2D eigenvalue weighted by atomic mass is 19.4. The lowest BCUT2D eigenvalue weighted by Crippen LogP contribution is -2.47. The minimum Gasteiger partial charge on any atom is -0.395 e. The third-order valence-corrected chi connectivity index (χ3v) is 3.32. The Balaban J connectivity index is 2.56. The van der Waals surface area contributed by atoms with Gasteiger partial charge in [-0.05, 0) is 26.3 Å². The van der Waals surface area contributed by atoms with Gasteiger partial charge in [0.1, 0.15) is 0 Å². The van der Waals surface area contributed by atoms with E-state index in [2.05, 4.69) is 0 Å². The molecule has 1 N–H and O–H groups in total. The highest BCUT2D eigenvalue weighted by Gasteiger charge is 2.35. The summed E-state index contributed by atoms with van der Waals surface area (Å²) in [5.74, 6) is -0.536. The molecule has 0 aromatic heterocycles. The van der Waals surface area contributed by atoms with Gasteiger partial charge in [0, 0.05) is 19.6 Å². The van der Waals surface area contributed by atoms with Crippen molar-refractivity contribution in [3.63, 3.8) is 0 Å². The number of carbonyl (C=O) groups is 1. The summed E-state index contributed by atoms with van der Waals surface area (Å²) in [6.07, 6.45) is -3.00. The monoisotopic (exact) mass is 282 g/mol. The number of piperidine rings is 1. The number of likely N-dealkylation sites (N-methyl/N-ethyl adjacent to an activating group) is 1. The number of nitrogens with zero attached hydrogens (tertiary/aromatic N) is 2. The quantitative estimate of drug-likeness (QED) is 0.821. The SMILES string of the molecule is CCN(CCO)C(=O)C1CCCN(CC(F)(F)F)C1. The lowest BCUT2D eigenvalue weighted by Gasteiger charge is -2.34. The normalized spacial score (nSPS) is 21.4. The number of hydrogen-bond donors (Lipinski definition) is 1. The molecule has 1 fully saturated rings. The van der Waals surface area contributed by atoms with Crippen LogP contribution in [0.2, 0.25) is 0 Å². The molecule has 0 spiro atoms. The van der Waals surface area contributed by atoms with Crippen molar-refractivity contribution in [2.45, 2.75) is 25.9 Å². The maximum absolute atomic E-state index is 12.3. The van der Waals surface area contributed by atoms with E-state index >= 15 is 0 Å². The fourth-order valence-corrected chi connectivity index (χ4v) is 2.46. The zero-order chi connectivity index (χ0) is 14.5. The van der Waals surface area contributed by atoms with Crippen LogP contribution in [0.25, 0.3) is 0 Å². The Morgan fingerprint density at radius 3 is 2.68 bits per heavy atom. The summed E-state index contributed by atoms with van der Waals surface area (Å²) in [6.45, 7) is 1.96. The molecule has 1 amide bonds. The minimum absolute atomic E-state index is 0.126. The van der Waals surface area contributed by atoms with Crippen molar-refractivity contribution in [2.24, 2.45) is 5.92 Å². The van der Waals surface area contributed by atoms with Crippen LogP contribution in [0.5, 0.6) is 0 Å². The second-order valence-electron chi connectivity index (χ2n) is 4.83. The van der Waals surface area contributed by atoms with Crippen LogP contribution >= 0.6 is 0 Å². The van der Waals surface area contributed by atoms with Gasteiger partial charge in [-0.3, -0.25) is 9.69 Å². The van der Waals surface area contributed by atoms with Crippen LogP contribution in [0.3, 0.4) is 0 Å². The Bertz CT molecular complexity index is 297. The summed E-state index contributed by atoms with van der Waals surface area (Å²) < 4.78 is 37.0. The molecular weight excluding hydrogens is 261 g/mol. The second kappa shape index (κ2) is 7.09. The summed E-state index contributed by atoms with van der Waals surface area (Å²) in [7, 11) is 0. The third kappa shape index (κ3) is 5.36.